The van der Waals surface area contributed by atoms with Crippen molar-refractivity contribution in [1.29, 1.82) is 0 Å². The van der Waals surface area contributed by atoms with Crippen LogP contribution < -0.4 is 10.5 Å². The maximum Gasteiger partial charge on any atom is 0.287 e. The minimum Gasteiger partial charge on any atom is -0.362 e. The predicted octanol–water partition coefficient (Wildman–Crippen LogP) is 3.59. The van der Waals surface area contributed by atoms with E-state index in [0.29, 0.717) is 16.8 Å². The molecule has 1 atom stereocenters. The zero-order valence-electron chi connectivity index (χ0n) is 15.0. The van der Waals surface area contributed by atoms with Crippen LogP contribution >= 0.6 is 23.2 Å². The van der Waals surface area contributed by atoms with Gasteiger partial charge in [-0.15, -0.1) is 0 Å². The van der Waals surface area contributed by atoms with Gasteiger partial charge in [0, 0.05) is 25.7 Å². The highest BCUT2D eigenvalue weighted by Gasteiger charge is 2.33. The van der Waals surface area contributed by atoms with Gasteiger partial charge in [-0.2, -0.15) is 10.2 Å². The first-order valence-electron chi connectivity index (χ1n) is 8.52. The highest BCUT2D eigenvalue weighted by atomic mass is 35.5. The quantitative estimate of drug-likeness (QED) is 0.809. The van der Waals surface area contributed by atoms with Crippen molar-refractivity contribution in [2.45, 2.75) is 46.2 Å². The second-order valence-corrected chi connectivity index (χ2v) is 7.73. The van der Waals surface area contributed by atoms with Gasteiger partial charge in [0.25, 0.3) is 5.56 Å². The number of halogens is 2. The molecular formula is C17H23Cl2N5O. The molecule has 1 unspecified atom stereocenters. The Labute approximate surface area is 157 Å². The molecule has 8 heteroatoms. The molecule has 1 saturated heterocycles. The fourth-order valence-electron chi connectivity index (χ4n) is 3.47. The zero-order chi connectivity index (χ0) is 18.3. The van der Waals surface area contributed by atoms with E-state index >= 15 is 0 Å². The summed E-state index contributed by atoms with van der Waals surface area (Å²) in [6, 6.07) is 0.0554. The summed E-state index contributed by atoms with van der Waals surface area (Å²) in [5.74, 6) is 0.458. The summed E-state index contributed by atoms with van der Waals surface area (Å²) >= 11 is 13.0. The number of nitrogens with zero attached hydrogens (tertiary/aromatic N) is 5. The Bertz CT molecular complexity index is 842. The minimum atomic E-state index is -0.289. The van der Waals surface area contributed by atoms with Gasteiger partial charge in [0.2, 0.25) is 0 Å². The summed E-state index contributed by atoms with van der Waals surface area (Å²) in [4.78, 5) is 14.3. The molecule has 3 heterocycles. The molecule has 25 heavy (non-hydrogen) atoms. The number of aromatic nitrogens is 4. The standard InChI is InChI=1S/C17H23Cl2N5O/c1-10(2)9-24-16(19)14(11(3)21-24)12-6-5-7-23(12)13-8-20-22(4)17(25)15(13)18/h8,10,12H,5-7,9H2,1-4H3. The number of rotatable bonds is 4. The summed E-state index contributed by atoms with van der Waals surface area (Å²) in [5, 5.41) is 9.63. The van der Waals surface area contributed by atoms with E-state index < -0.39 is 0 Å². The van der Waals surface area contributed by atoms with Crippen molar-refractivity contribution in [3.05, 3.63) is 38.0 Å². The van der Waals surface area contributed by atoms with Crippen molar-refractivity contribution in [2.24, 2.45) is 13.0 Å². The van der Waals surface area contributed by atoms with Gasteiger partial charge >= 0.3 is 0 Å². The molecule has 0 amide bonds. The van der Waals surface area contributed by atoms with Crippen LogP contribution in [0.2, 0.25) is 10.2 Å². The van der Waals surface area contributed by atoms with Crippen molar-refractivity contribution in [2.75, 3.05) is 11.4 Å². The van der Waals surface area contributed by atoms with E-state index in [-0.39, 0.29) is 16.6 Å². The van der Waals surface area contributed by atoms with Gasteiger partial charge in [0.15, 0.2) is 0 Å². The molecule has 3 rings (SSSR count). The van der Waals surface area contributed by atoms with E-state index in [9.17, 15) is 4.79 Å². The van der Waals surface area contributed by atoms with E-state index in [0.717, 1.165) is 37.2 Å². The van der Waals surface area contributed by atoms with E-state index in [1.807, 2.05) is 11.6 Å². The third kappa shape index (κ3) is 3.29. The maximum atomic E-state index is 12.1. The van der Waals surface area contributed by atoms with Crippen LogP contribution in [-0.4, -0.2) is 26.1 Å². The summed E-state index contributed by atoms with van der Waals surface area (Å²) in [5.41, 5.74) is 2.33. The highest BCUT2D eigenvalue weighted by molar-refractivity contribution is 6.33. The minimum absolute atomic E-state index is 0.0554. The molecule has 6 nitrogen and oxygen atoms in total. The average molecular weight is 384 g/mol. The van der Waals surface area contributed by atoms with Gasteiger partial charge in [-0.1, -0.05) is 37.0 Å². The first kappa shape index (κ1) is 18.3. The molecule has 1 fully saturated rings. The topological polar surface area (TPSA) is 56.0 Å². The molecule has 0 aromatic carbocycles. The van der Waals surface area contributed by atoms with Crippen molar-refractivity contribution in [3.8, 4) is 0 Å². The predicted molar refractivity (Wildman–Crippen MR) is 101 cm³/mol. The average Bonchev–Trinajstić information content (AvgIpc) is 3.10. The van der Waals surface area contributed by atoms with Crippen LogP contribution in [0.5, 0.6) is 0 Å². The molecule has 136 valence electrons. The lowest BCUT2D eigenvalue weighted by Crippen LogP contribution is -2.28. The highest BCUT2D eigenvalue weighted by Crippen LogP contribution is 2.41. The van der Waals surface area contributed by atoms with Crippen LogP contribution in [0.3, 0.4) is 0 Å². The largest absolute Gasteiger partial charge is 0.362 e. The second-order valence-electron chi connectivity index (χ2n) is 6.99. The molecule has 0 spiro atoms. The molecule has 2 aromatic heterocycles. The van der Waals surface area contributed by atoms with Gasteiger partial charge in [-0.3, -0.25) is 9.48 Å². The SMILES string of the molecule is Cc1nn(CC(C)C)c(Cl)c1C1CCCN1c1cnn(C)c(=O)c1Cl. The zero-order valence-corrected chi connectivity index (χ0v) is 16.5. The van der Waals surface area contributed by atoms with Crippen LogP contribution in [0.1, 0.15) is 44.0 Å². The Hall–Kier alpha value is -1.53. The van der Waals surface area contributed by atoms with E-state index in [1.165, 1.54) is 4.68 Å². The van der Waals surface area contributed by atoms with Crippen LogP contribution in [0.4, 0.5) is 5.69 Å². The molecule has 0 N–H and O–H groups in total. The Morgan fingerprint density at radius 1 is 1.36 bits per heavy atom. The monoisotopic (exact) mass is 383 g/mol. The lowest BCUT2D eigenvalue weighted by Gasteiger charge is -2.27. The van der Waals surface area contributed by atoms with E-state index in [1.54, 1.807) is 13.2 Å². The molecule has 0 saturated carbocycles. The smallest absolute Gasteiger partial charge is 0.287 e. The fourth-order valence-corrected chi connectivity index (χ4v) is 4.12. The van der Waals surface area contributed by atoms with Crippen molar-refractivity contribution in [3.63, 3.8) is 0 Å². The van der Waals surface area contributed by atoms with Crippen molar-refractivity contribution in [1.82, 2.24) is 19.6 Å². The van der Waals surface area contributed by atoms with E-state index in [4.69, 9.17) is 23.2 Å². The second kappa shape index (κ2) is 7.00. The summed E-state index contributed by atoms with van der Waals surface area (Å²) in [6.07, 6.45) is 3.60. The van der Waals surface area contributed by atoms with E-state index in [2.05, 4.69) is 28.9 Å². The Morgan fingerprint density at radius 3 is 2.76 bits per heavy atom. The Balaban J connectivity index is 2.02. The van der Waals surface area contributed by atoms with Gasteiger partial charge in [0.05, 0.1) is 23.6 Å². The number of hydrogen-bond acceptors (Lipinski definition) is 4. The van der Waals surface area contributed by atoms with Crippen LogP contribution in [-0.2, 0) is 13.6 Å². The molecule has 0 bridgehead atoms. The molecule has 0 aliphatic carbocycles. The Morgan fingerprint density at radius 2 is 2.08 bits per heavy atom. The first-order chi connectivity index (χ1) is 11.8. The molecular weight excluding hydrogens is 361 g/mol. The third-order valence-electron chi connectivity index (χ3n) is 4.60. The summed E-state index contributed by atoms with van der Waals surface area (Å²) < 4.78 is 3.12. The molecule has 1 aliphatic heterocycles. The molecule has 2 aromatic rings. The molecule has 1 aliphatic rings. The van der Waals surface area contributed by atoms with Crippen molar-refractivity contribution < 1.29 is 0 Å². The maximum absolute atomic E-state index is 12.1. The number of aryl methyl sites for hydroxylation is 2. The van der Waals surface area contributed by atoms with Gasteiger partial charge in [-0.25, -0.2) is 4.68 Å². The lowest BCUT2D eigenvalue weighted by atomic mass is 10.1. The summed E-state index contributed by atoms with van der Waals surface area (Å²) in [6.45, 7) is 7.85. The number of hydrogen-bond donors (Lipinski definition) is 0. The van der Waals surface area contributed by atoms with Crippen LogP contribution in [0.25, 0.3) is 0 Å². The van der Waals surface area contributed by atoms with Gasteiger partial charge in [-0.05, 0) is 25.7 Å². The van der Waals surface area contributed by atoms with Crippen molar-refractivity contribution >= 4 is 28.9 Å². The molecule has 0 radical (unpaired) electrons. The number of anilines is 1. The lowest BCUT2D eigenvalue weighted by molar-refractivity contribution is 0.481. The Kier molecular flexibility index (Phi) is 5.11. The van der Waals surface area contributed by atoms with Gasteiger partial charge in [0.1, 0.15) is 10.2 Å². The first-order valence-corrected chi connectivity index (χ1v) is 9.28. The third-order valence-corrected chi connectivity index (χ3v) is 5.36. The van der Waals surface area contributed by atoms with Crippen LogP contribution in [0.15, 0.2) is 11.0 Å². The van der Waals surface area contributed by atoms with Crippen LogP contribution in [0, 0.1) is 12.8 Å². The van der Waals surface area contributed by atoms with Gasteiger partial charge < -0.3 is 4.90 Å². The summed E-state index contributed by atoms with van der Waals surface area (Å²) in [7, 11) is 1.59. The fraction of sp³-hybridized carbons (Fsp3) is 0.588. The normalized spacial score (nSPS) is 17.7.